The zero-order valence-corrected chi connectivity index (χ0v) is 17.5. The number of nitrogens with zero attached hydrogens (tertiary/aromatic N) is 3. The summed E-state index contributed by atoms with van der Waals surface area (Å²) in [4.78, 5) is 26.5. The highest BCUT2D eigenvalue weighted by Gasteiger charge is 2.18. The maximum absolute atomic E-state index is 12.5. The molecule has 3 heterocycles. The molecule has 3 aromatic heterocycles. The van der Waals surface area contributed by atoms with E-state index in [1.807, 2.05) is 45.0 Å². The molecule has 1 aromatic carbocycles. The van der Waals surface area contributed by atoms with Crippen LogP contribution < -0.4 is 10.3 Å². The molecule has 2 N–H and O–H groups in total. The lowest BCUT2D eigenvalue weighted by Crippen LogP contribution is -2.12. The van der Waals surface area contributed by atoms with Crippen LogP contribution in [0.25, 0.3) is 21.6 Å². The fourth-order valence-electron chi connectivity index (χ4n) is 2.85. The minimum atomic E-state index is -0.0978. The van der Waals surface area contributed by atoms with Crippen molar-refractivity contribution in [3.63, 3.8) is 0 Å². The summed E-state index contributed by atoms with van der Waals surface area (Å²) in [6.07, 6.45) is 0. The van der Waals surface area contributed by atoms with Gasteiger partial charge in [0.25, 0.3) is 5.56 Å². The van der Waals surface area contributed by atoms with Crippen LogP contribution in [0.2, 0.25) is 0 Å². The zero-order valence-electron chi connectivity index (χ0n) is 15.9. The SMILES string of the molecule is COc1ccc(-c2nc(SC(C)c3nc4sc(C)c(C)c4c(=O)[nH]3)n[nH]2)cc1. The smallest absolute Gasteiger partial charge is 0.259 e. The van der Waals surface area contributed by atoms with Gasteiger partial charge in [-0.25, -0.2) is 9.97 Å². The van der Waals surface area contributed by atoms with Gasteiger partial charge in [0.2, 0.25) is 5.16 Å². The molecule has 4 aromatic rings. The molecule has 0 aliphatic carbocycles. The molecule has 9 heteroatoms. The first kappa shape index (κ1) is 18.7. The number of thiophene rings is 1. The molecule has 4 rings (SSSR count). The first-order chi connectivity index (χ1) is 13.5. The van der Waals surface area contributed by atoms with Crippen LogP contribution in [0, 0.1) is 13.8 Å². The van der Waals surface area contributed by atoms with Crippen molar-refractivity contribution < 1.29 is 4.74 Å². The molecule has 144 valence electrons. The Kier molecular flexibility index (Phi) is 4.94. The Bertz CT molecular complexity index is 1190. The number of methoxy groups -OCH3 is 1. The molecule has 0 aliphatic rings. The summed E-state index contributed by atoms with van der Waals surface area (Å²) in [6, 6.07) is 7.60. The first-order valence-corrected chi connectivity index (χ1v) is 10.4. The van der Waals surface area contributed by atoms with E-state index in [1.54, 1.807) is 18.4 Å². The van der Waals surface area contributed by atoms with Crippen LogP contribution in [-0.2, 0) is 0 Å². The zero-order chi connectivity index (χ0) is 19.8. The van der Waals surface area contributed by atoms with Gasteiger partial charge in [-0.2, -0.15) is 0 Å². The summed E-state index contributed by atoms with van der Waals surface area (Å²) in [5.41, 5.74) is 1.83. The molecular weight excluding hydrogens is 394 g/mol. The third-order valence-corrected chi connectivity index (χ3v) is 6.62. The van der Waals surface area contributed by atoms with Gasteiger partial charge in [-0.3, -0.25) is 9.89 Å². The van der Waals surface area contributed by atoms with Crippen LogP contribution in [0.5, 0.6) is 5.75 Å². The normalized spacial score (nSPS) is 12.4. The van der Waals surface area contributed by atoms with Crippen LogP contribution >= 0.6 is 23.1 Å². The molecule has 0 saturated carbocycles. The third-order valence-electron chi connectivity index (χ3n) is 4.55. The fourth-order valence-corrected chi connectivity index (χ4v) is 4.67. The van der Waals surface area contributed by atoms with Crippen molar-refractivity contribution >= 4 is 33.3 Å². The predicted molar refractivity (Wildman–Crippen MR) is 112 cm³/mol. The van der Waals surface area contributed by atoms with E-state index in [0.29, 0.717) is 22.2 Å². The minimum Gasteiger partial charge on any atom is -0.497 e. The molecule has 1 unspecified atom stereocenters. The van der Waals surface area contributed by atoms with E-state index in [2.05, 4.69) is 25.1 Å². The molecule has 7 nitrogen and oxygen atoms in total. The van der Waals surface area contributed by atoms with Crippen molar-refractivity contribution in [3.8, 4) is 17.1 Å². The van der Waals surface area contributed by atoms with E-state index in [9.17, 15) is 4.79 Å². The molecule has 0 saturated heterocycles. The van der Waals surface area contributed by atoms with E-state index >= 15 is 0 Å². The number of hydrogen-bond donors (Lipinski definition) is 2. The number of thioether (sulfide) groups is 1. The Balaban J connectivity index is 1.57. The standard InChI is InChI=1S/C19H19N5O2S2/c1-9-10(2)27-18-14(9)17(25)20-15(21-18)11(3)28-19-22-16(23-24-19)12-5-7-13(26-4)8-6-12/h5-8,11H,1-4H3,(H,20,21,25)(H,22,23,24). The summed E-state index contributed by atoms with van der Waals surface area (Å²) in [6.45, 7) is 5.94. The number of fused-ring (bicyclic) bond motifs is 1. The average Bonchev–Trinajstić information content (AvgIpc) is 3.26. The fraction of sp³-hybridized carbons (Fsp3) is 0.263. The number of aryl methyl sites for hydroxylation is 2. The van der Waals surface area contributed by atoms with Gasteiger partial charge in [0.1, 0.15) is 16.4 Å². The van der Waals surface area contributed by atoms with Gasteiger partial charge in [0.05, 0.1) is 17.7 Å². The van der Waals surface area contributed by atoms with Gasteiger partial charge in [-0.05, 0) is 50.6 Å². The molecule has 0 bridgehead atoms. The number of rotatable bonds is 5. The number of ether oxygens (including phenoxy) is 1. The van der Waals surface area contributed by atoms with Crippen molar-refractivity contribution in [1.82, 2.24) is 25.1 Å². The Morgan fingerprint density at radius 1 is 1.18 bits per heavy atom. The lowest BCUT2D eigenvalue weighted by atomic mass is 10.2. The first-order valence-electron chi connectivity index (χ1n) is 8.69. The van der Waals surface area contributed by atoms with E-state index < -0.39 is 0 Å². The van der Waals surface area contributed by atoms with Crippen LogP contribution in [0.4, 0.5) is 0 Å². The molecule has 0 fully saturated rings. The number of benzene rings is 1. The molecule has 0 amide bonds. The second-order valence-electron chi connectivity index (χ2n) is 6.37. The highest BCUT2D eigenvalue weighted by Crippen LogP contribution is 2.33. The third kappa shape index (κ3) is 3.43. The molecule has 1 atom stereocenters. The number of hydrogen-bond acceptors (Lipinski definition) is 7. The maximum atomic E-state index is 12.5. The van der Waals surface area contributed by atoms with Gasteiger partial charge in [-0.1, -0.05) is 11.8 Å². The highest BCUT2D eigenvalue weighted by molar-refractivity contribution is 7.99. The second-order valence-corrected chi connectivity index (χ2v) is 8.88. The van der Waals surface area contributed by atoms with Crippen LogP contribution in [0.3, 0.4) is 0 Å². The average molecular weight is 414 g/mol. The Morgan fingerprint density at radius 2 is 1.93 bits per heavy atom. The summed E-state index contributed by atoms with van der Waals surface area (Å²) < 4.78 is 5.18. The Hall–Kier alpha value is -2.65. The van der Waals surface area contributed by atoms with Crippen molar-refractivity contribution in [1.29, 1.82) is 0 Å². The van der Waals surface area contributed by atoms with E-state index in [0.717, 1.165) is 26.6 Å². The van der Waals surface area contributed by atoms with E-state index in [4.69, 9.17) is 4.74 Å². The largest absolute Gasteiger partial charge is 0.497 e. The summed E-state index contributed by atoms with van der Waals surface area (Å²) in [5.74, 6) is 2.09. The number of aromatic amines is 2. The topological polar surface area (TPSA) is 96.6 Å². The molecular formula is C19H19N5O2S2. The summed E-state index contributed by atoms with van der Waals surface area (Å²) >= 11 is 2.99. The summed E-state index contributed by atoms with van der Waals surface area (Å²) in [5, 5.41) is 8.42. The van der Waals surface area contributed by atoms with Gasteiger partial charge in [0, 0.05) is 10.4 Å². The van der Waals surface area contributed by atoms with Gasteiger partial charge in [0.15, 0.2) is 5.82 Å². The maximum Gasteiger partial charge on any atom is 0.259 e. The van der Waals surface area contributed by atoms with Crippen molar-refractivity contribution in [2.24, 2.45) is 0 Å². The number of aromatic nitrogens is 5. The van der Waals surface area contributed by atoms with Crippen LogP contribution in [0.1, 0.15) is 28.4 Å². The number of H-pyrrole nitrogens is 2. The molecule has 28 heavy (non-hydrogen) atoms. The second kappa shape index (κ2) is 7.40. The van der Waals surface area contributed by atoms with E-state index in [1.165, 1.54) is 11.8 Å². The minimum absolute atomic E-state index is 0.0943. The van der Waals surface area contributed by atoms with Crippen LogP contribution in [0.15, 0.2) is 34.2 Å². The van der Waals surface area contributed by atoms with E-state index in [-0.39, 0.29) is 10.8 Å². The van der Waals surface area contributed by atoms with Gasteiger partial charge >= 0.3 is 0 Å². The monoisotopic (exact) mass is 413 g/mol. The quantitative estimate of drug-likeness (QED) is 0.475. The lowest BCUT2D eigenvalue weighted by Gasteiger charge is -2.07. The van der Waals surface area contributed by atoms with Gasteiger partial charge < -0.3 is 9.72 Å². The molecule has 0 radical (unpaired) electrons. The number of nitrogens with one attached hydrogen (secondary N) is 2. The van der Waals surface area contributed by atoms with Crippen LogP contribution in [-0.4, -0.2) is 32.3 Å². The van der Waals surface area contributed by atoms with Crippen molar-refractivity contribution in [2.75, 3.05) is 7.11 Å². The van der Waals surface area contributed by atoms with Crippen molar-refractivity contribution in [3.05, 3.63) is 50.9 Å². The highest BCUT2D eigenvalue weighted by atomic mass is 32.2. The predicted octanol–water partition coefficient (Wildman–Crippen LogP) is 4.25. The lowest BCUT2D eigenvalue weighted by molar-refractivity contribution is 0.415. The van der Waals surface area contributed by atoms with Gasteiger partial charge in [-0.15, -0.1) is 16.4 Å². The molecule has 0 spiro atoms. The van der Waals surface area contributed by atoms with Crippen molar-refractivity contribution in [2.45, 2.75) is 31.2 Å². The Morgan fingerprint density at radius 3 is 2.64 bits per heavy atom. The molecule has 0 aliphatic heterocycles. The Labute approximate surface area is 169 Å². The summed E-state index contributed by atoms with van der Waals surface area (Å²) in [7, 11) is 1.63.